The Bertz CT molecular complexity index is 1120. The molecule has 1 aliphatic rings. The zero-order valence-corrected chi connectivity index (χ0v) is 19.4. The number of benzene rings is 2. The molecule has 0 aliphatic heterocycles. The summed E-state index contributed by atoms with van der Waals surface area (Å²) in [5.41, 5.74) is 1.76. The molecular weight excluding hydrogens is 416 g/mol. The fraction of sp³-hybridized carbons (Fsp3) is 0.407. The molecule has 6 nitrogen and oxygen atoms in total. The van der Waals surface area contributed by atoms with Gasteiger partial charge in [-0.1, -0.05) is 36.1 Å². The van der Waals surface area contributed by atoms with E-state index in [-0.39, 0.29) is 12.0 Å². The van der Waals surface area contributed by atoms with E-state index in [1.54, 1.807) is 7.11 Å². The second-order valence-corrected chi connectivity index (χ2v) is 8.60. The van der Waals surface area contributed by atoms with Gasteiger partial charge < -0.3 is 19.1 Å². The first kappa shape index (κ1) is 22.9. The Morgan fingerprint density at radius 1 is 1.18 bits per heavy atom. The van der Waals surface area contributed by atoms with Crippen molar-refractivity contribution in [2.75, 3.05) is 7.11 Å². The molecule has 3 aromatic rings. The molecule has 0 amide bonds. The quantitative estimate of drug-likeness (QED) is 0.514. The zero-order valence-electron chi connectivity index (χ0n) is 19.4. The third-order valence-corrected chi connectivity index (χ3v) is 6.31. The largest absolute Gasteiger partial charge is 0.493 e. The first-order valence-corrected chi connectivity index (χ1v) is 11.5. The van der Waals surface area contributed by atoms with Crippen molar-refractivity contribution in [1.82, 2.24) is 10.1 Å². The minimum Gasteiger partial charge on any atom is -0.493 e. The maximum absolute atomic E-state index is 11.4. The van der Waals surface area contributed by atoms with Gasteiger partial charge >= 0.3 is 0 Å². The normalized spacial score (nSPS) is 21.0. The first-order valence-electron chi connectivity index (χ1n) is 11.5. The van der Waals surface area contributed by atoms with Crippen molar-refractivity contribution in [2.45, 2.75) is 57.7 Å². The van der Waals surface area contributed by atoms with Crippen LogP contribution in [0.2, 0.25) is 0 Å². The Hall–Kier alpha value is -3.30. The molecule has 0 saturated heterocycles. The summed E-state index contributed by atoms with van der Waals surface area (Å²) in [6.45, 7) is 4.11. The van der Waals surface area contributed by atoms with E-state index in [1.807, 2.05) is 49.4 Å². The molecule has 1 heterocycles. The predicted octanol–water partition coefficient (Wildman–Crippen LogP) is 5.35. The van der Waals surface area contributed by atoms with Crippen molar-refractivity contribution < 1.29 is 19.1 Å². The van der Waals surface area contributed by atoms with Crippen LogP contribution in [0.3, 0.4) is 0 Å². The summed E-state index contributed by atoms with van der Waals surface area (Å²) in [7, 11) is 1.63. The van der Waals surface area contributed by atoms with Crippen molar-refractivity contribution in [3.8, 4) is 34.8 Å². The fourth-order valence-corrected chi connectivity index (χ4v) is 4.10. The van der Waals surface area contributed by atoms with Gasteiger partial charge in [0.1, 0.15) is 0 Å². The molecule has 2 aromatic carbocycles. The van der Waals surface area contributed by atoms with Crippen molar-refractivity contribution in [1.29, 1.82) is 0 Å². The molecule has 1 aliphatic carbocycles. The molecule has 1 atom stereocenters. The van der Waals surface area contributed by atoms with Gasteiger partial charge in [-0.2, -0.15) is 4.98 Å². The van der Waals surface area contributed by atoms with E-state index < -0.39 is 5.60 Å². The van der Waals surface area contributed by atoms with Crippen LogP contribution in [-0.4, -0.2) is 28.5 Å². The van der Waals surface area contributed by atoms with E-state index in [9.17, 15) is 5.11 Å². The van der Waals surface area contributed by atoms with Gasteiger partial charge in [0.25, 0.3) is 5.89 Å². The topological polar surface area (TPSA) is 77.6 Å². The monoisotopic (exact) mass is 446 g/mol. The van der Waals surface area contributed by atoms with Crippen LogP contribution in [0.4, 0.5) is 0 Å². The lowest BCUT2D eigenvalue weighted by molar-refractivity contribution is -0.00823. The van der Waals surface area contributed by atoms with Gasteiger partial charge in [0, 0.05) is 17.0 Å². The summed E-state index contributed by atoms with van der Waals surface area (Å²) in [5, 5.41) is 15.1. The Morgan fingerprint density at radius 3 is 2.70 bits per heavy atom. The first-order chi connectivity index (χ1) is 16.0. The molecule has 0 radical (unpaired) electrons. The zero-order chi connectivity index (χ0) is 23.3. The van der Waals surface area contributed by atoms with Crippen LogP contribution in [0.15, 0.2) is 53.3 Å². The summed E-state index contributed by atoms with van der Waals surface area (Å²) in [6.07, 6.45) is 5.34. The molecule has 0 bridgehead atoms. The third kappa shape index (κ3) is 5.37. The van der Waals surface area contributed by atoms with Gasteiger partial charge in [-0.15, -0.1) is 0 Å². The van der Waals surface area contributed by atoms with Crippen molar-refractivity contribution in [3.05, 3.63) is 59.9 Å². The van der Waals surface area contributed by atoms with E-state index in [2.05, 4.69) is 28.9 Å². The van der Waals surface area contributed by atoms with E-state index in [4.69, 9.17) is 14.0 Å². The molecular formula is C27H30N2O4. The number of nitrogens with zero attached hydrogens (tertiary/aromatic N) is 2. The molecule has 0 spiro atoms. The van der Waals surface area contributed by atoms with E-state index >= 15 is 0 Å². The summed E-state index contributed by atoms with van der Waals surface area (Å²) >= 11 is 0. The van der Waals surface area contributed by atoms with Crippen molar-refractivity contribution in [3.63, 3.8) is 0 Å². The molecule has 6 heteroatoms. The van der Waals surface area contributed by atoms with Crippen LogP contribution >= 0.6 is 0 Å². The maximum Gasteiger partial charge on any atom is 0.257 e. The Kier molecular flexibility index (Phi) is 7.00. The van der Waals surface area contributed by atoms with Crippen LogP contribution in [0, 0.1) is 17.8 Å². The molecule has 172 valence electrons. The lowest BCUT2D eigenvalue weighted by atomic mass is 9.75. The lowest BCUT2D eigenvalue weighted by Gasteiger charge is -2.35. The number of rotatable bonds is 6. The Labute approximate surface area is 194 Å². The molecule has 1 N–H and O–H groups in total. The summed E-state index contributed by atoms with van der Waals surface area (Å²) in [6, 6.07) is 13.5. The highest BCUT2D eigenvalue weighted by Crippen LogP contribution is 2.42. The Balaban J connectivity index is 1.44. The van der Waals surface area contributed by atoms with Gasteiger partial charge in [-0.3, -0.25) is 0 Å². The van der Waals surface area contributed by atoms with Gasteiger partial charge in [0.15, 0.2) is 17.8 Å². The molecule has 33 heavy (non-hydrogen) atoms. The highest BCUT2D eigenvalue weighted by Gasteiger charge is 2.35. The summed E-state index contributed by atoms with van der Waals surface area (Å²) < 4.78 is 16.6. The maximum atomic E-state index is 11.4. The summed E-state index contributed by atoms with van der Waals surface area (Å²) in [5.74, 6) is 8.76. The van der Waals surface area contributed by atoms with Gasteiger partial charge in [0.2, 0.25) is 0 Å². The van der Waals surface area contributed by atoms with E-state index in [0.717, 1.165) is 36.0 Å². The highest BCUT2D eigenvalue weighted by molar-refractivity contribution is 5.56. The number of methoxy groups -OCH3 is 1. The third-order valence-electron chi connectivity index (χ3n) is 6.31. The van der Waals surface area contributed by atoms with E-state index in [0.29, 0.717) is 30.2 Å². The number of hydrogen-bond donors (Lipinski definition) is 1. The average molecular weight is 447 g/mol. The van der Waals surface area contributed by atoms with Crippen LogP contribution in [0.1, 0.15) is 57.1 Å². The van der Waals surface area contributed by atoms with Crippen molar-refractivity contribution >= 4 is 0 Å². The summed E-state index contributed by atoms with van der Waals surface area (Å²) in [4.78, 5) is 4.09. The number of ether oxygens (including phenoxy) is 2. The molecule has 4 rings (SSSR count). The standard InChI is InChI=1S/C27H30N2O4/c1-4-19(2)32-25-17-23(10-11-24(25)31-3)27(30)14-12-20(13-15-27)8-9-21-6-5-7-22(16-21)26-28-18-29-33-26/h5-7,10-11,16-20,30H,4,12-15H2,1-3H3. The number of hydrogen-bond acceptors (Lipinski definition) is 6. The van der Waals surface area contributed by atoms with Gasteiger partial charge in [-0.05, 0) is 74.9 Å². The highest BCUT2D eigenvalue weighted by atomic mass is 16.5. The lowest BCUT2D eigenvalue weighted by Crippen LogP contribution is -2.31. The van der Waals surface area contributed by atoms with Gasteiger partial charge in [0.05, 0.1) is 18.8 Å². The molecule has 1 unspecified atom stereocenters. The second kappa shape index (κ2) is 10.1. The average Bonchev–Trinajstić information content (AvgIpc) is 3.39. The van der Waals surface area contributed by atoms with Crippen LogP contribution in [-0.2, 0) is 5.60 Å². The number of aromatic nitrogens is 2. The van der Waals surface area contributed by atoms with E-state index in [1.165, 1.54) is 6.33 Å². The number of aliphatic hydroxyl groups is 1. The smallest absolute Gasteiger partial charge is 0.257 e. The molecule has 1 saturated carbocycles. The minimum atomic E-state index is -0.879. The SMILES string of the molecule is CCC(C)Oc1cc(C2(O)CCC(C#Cc3cccc(-c4ncno4)c3)CC2)ccc1OC. The molecule has 1 aromatic heterocycles. The van der Waals surface area contributed by atoms with Crippen LogP contribution in [0.25, 0.3) is 11.5 Å². The van der Waals surface area contributed by atoms with Crippen LogP contribution in [0.5, 0.6) is 11.5 Å². The van der Waals surface area contributed by atoms with Crippen LogP contribution < -0.4 is 9.47 Å². The Morgan fingerprint density at radius 2 is 2.00 bits per heavy atom. The van der Waals surface area contributed by atoms with Gasteiger partial charge in [-0.25, -0.2) is 0 Å². The second-order valence-electron chi connectivity index (χ2n) is 8.60. The predicted molar refractivity (Wildman–Crippen MR) is 126 cm³/mol. The molecule has 1 fully saturated rings. The van der Waals surface area contributed by atoms with Crippen molar-refractivity contribution in [2.24, 2.45) is 5.92 Å². The fourth-order valence-electron chi connectivity index (χ4n) is 4.10. The minimum absolute atomic E-state index is 0.0770.